The van der Waals surface area contributed by atoms with E-state index in [-0.39, 0.29) is 6.04 Å². The predicted octanol–water partition coefficient (Wildman–Crippen LogP) is 3.75. The topological polar surface area (TPSA) is 29.9 Å². The lowest BCUT2D eigenvalue weighted by molar-refractivity contribution is 0.597. The van der Waals surface area contributed by atoms with Crippen LogP contribution < -0.4 is 5.32 Å². The van der Waals surface area contributed by atoms with Crippen molar-refractivity contribution >= 4 is 15.9 Å². The van der Waals surface area contributed by atoms with Gasteiger partial charge in [0, 0.05) is 22.8 Å². The van der Waals surface area contributed by atoms with E-state index < -0.39 is 0 Å². The molecule has 2 rings (SSSR count). The third-order valence-electron chi connectivity index (χ3n) is 3.05. The van der Waals surface area contributed by atoms with Gasteiger partial charge in [-0.05, 0) is 30.7 Å². The Balaban J connectivity index is 2.25. The molecule has 0 aliphatic rings. The summed E-state index contributed by atoms with van der Waals surface area (Å²) in [6, 6.07) is 8.67. The van der Waals surface area contributed by atoms with E-state index in [1.54, 1.807) is 0 Å². The van der Waals surface area contributed by atoms with Crippen molar-refractivity contribution in [1.29, 1.82) is 0 Å². The number of aromatic nitrogens is 2. The van der Waals surface area contributed by atoms with Crippen LogP contribution >= 0.6 is 15.9 Å². The van der Waals surface area contributed by atoms with Crippen molar-refractivity contribution in [1.82, 2.24) is 15.1 Å². The average Bonchev–Trinajstić information content (AvgIpc) is 2.86. The fraction of sp³-hybridized carbons (Fsp3) is 0.400. The van der Waals surface area contributed by atoms with Crippen LogP contribution in [0.5, 0.6) is 0 Å². The van der Waals surface area contributed by atoms with Crippen molar-refractivity contribution in [3.05, 3.63) is 52.3 Å². The highest BCUT2D eigenvalue weighted by Gasteiger charge is 2.14. The van der Waals surface area contributed by atoms with Gasteiger partial charge in [0.2, 0.25) is 0 Å². The normalized spacial score (nSPS) is 12.6. The number of rotatable bonds is 6. The van der Waals surface area contributed by atoms with Crippen LogP contribution in [0.1, 0.15) is 37.4 Å². The summed E-state index contributed by atoms with van der Waals surface area (Å²) in [5.41, 5.74) is 2.48. The molecule has 1 aromatic heterocycles. The molecule has 0 radical (unpaired) electrons. The predicted molar refractivity (Wildman–Crippen MR) is 82.2 cm³/mol. The van der Waals surface area contributed by atoms with Crippen molar-refractivity contribution in [3.63, 3.8) is 0 Å². The monoisotopic (exact) mass is 321 g/mol. The van der Waals surface area contributed by atoms with Crippen LogP contribution in [-0.4, -0.2) is 16.3 Å². The smallest absolute Gasteiger partial charge is 0.0607 e. The highest BCUT2D eigenvalue weighted by atomic mass is 79.9. The number of nitrogens with one attached hydrogen (secondary N) is 1. The molecule has 0 fully saturated rings. The number of benzene rings is 1. The molecule has 0 saturated carbocycles. The SMILES string of the molecule is CCCn1cc(C(NCC)c2ccc(Br)cc2)cn1. The van der Waals surface area contributed by atoms with Crippen LogP contribution in [-0.2, 0) is 6.54 Å². The maximum absolute atomic E-state index is 4.42. The van der Waals surface area contributed by atoms with Gasteiger partial charge in [0.05, 0.1) is 12.2 Å². The van der Waals surface area contributed by atoms with Crippen LogP contribution in [0, 0.1) is 0 Å². The maximum Gasteiger partial charge on any atom is 0.0607 e. The Labute approximate surface area is 123 Å². The van der Waals surface area contributed by atoms with Crippen LogP contribution in [0.4, 0.5) is 0 Å². The lowest BCUT2D eigenvalue weighted by atomic mass is 10.0. The molecule has 1 unspecified atom stereocenters. The molecule has 1 atom stereocenters. The van der Waals surface area contributed by atoms with E-state index in [0.29, 0.717) is 0 Å². The summed E-state index contributed by atoms with van der Waals surface area (Å²) in [5, 5.41) is 7.94. The summed E-state index contributed by atoms with van der Waals surface area (Å²) in [7, 11) is 0. The first-order valence-electron chi connectivity index (χ1n) is 6.75. The summed E-state index contributed by atoms with van der Waals surface area (Å²) in [5.74, 6) is 0. The second kappa shape index (κ2) is 6.87. The van der Waals surface area contributed by atoms with Crippen LogP contribution in [0.2, 0.25) is 0 Å². The third-order valence-corrected chi connectivity index (χ3v) is 3.58. The van der Waals surface area contributed by atoms with Gasteiger partial charge in [0.1, 0.15) is 0 Å². The van der Waals surface area contributed by atoms with Gasteiger partial charge in [-0.2, -0.15) is 5.10 Å². The summed E-state index contributed by atoms with van der Waals surface area (Å²) in [6.45, 7) is 6.19. The number of nitrogens with zero attached hydrogens (tertiary/aromatic N) is 2. The van der Waals surface area contributed by atoms with Gasteiger partial charge < -0.3 is 5.32 Å². The quantitative estimate of drug-likeness (QED) is 0.878. The first-order chi connectivity index (χ1) is 9.24. The second-order valence-corrected chi connectivity index (χ2v) is 5.49. The highest BCUT2D eigenvalue weighted by Crippen LogP contribution is 2.23. The molecular formula is C15H20BrN3. The average molecular weight is 322 g/mol. The summed E-state index contributed by atoms with van der Waals surface area (Å²) in [6.07, 6.45) is 5.20. The Kier molecular flexibility index (Phi) is 5.16. The zero-order valence-electron chi connectivity index (χ0n) is 11.4. The zero-order chi connectivity index (χ0) is 13.7. The van der Waals surface area contributed by atoms with Crippen LogP contribution in [0.15, 0.2) is 41.1 Å². The van der Waals surface area contributed by atoms with Gasteiger partial charge in [0.15, 0.2) is 0 Å². The first-order valence-corrected chi connectivity index (χ1v) is 7.55. The minimum Gasteiger partial charge on any atom is -0.306 e. The standard InChI is InChI=1S/C15H20BrN3/c1-3-9-19-11-13(10-18-19)15(17-4-2)12-5-7-14(16)8-6-12/h5-8,10-11,15,17H,3-4,9H2,1-2H3. The van der Waals surface area contributed by atoms with Gasteiger partial charge in [-0.1, -0.05) is 41.9 Å². The first kappa shape index (κ1) is 14.3. The summed E-state index contributed by atoms with van der Waals surface area (Å²) >= 11 is 3.48. The lowest BCUT2D eigenvalue weighted by Crippen LogP contribution is -2.21. The largest absolute Gasteiger partial charge is 0.306 e. The molecule has 0 aliphatic heterocycles. The molecule has 19 heavy (non-hydrogen) atoms. The van der Waals surface area contributed by atoms with E-state index >= 15 is 0 Å². The Morgan fingerprint density at radius 2 is 1.95 bits per heavy atom. The van der Waals surface area contributed by atoms with E-state index in [9.17, 15) is 0 Å². The molecule has 2 aromatic rings. The van der Waals surface area contributed by atoms with E-state index in [0.717, 1.165) is 24.0 Å². The Morgan fingerprint density at radius 1 is 1.21 bits per heavy atom. The minimum atomic E-state index is 0.212. The molecule has 3 nitrogen and oxygen atoms in total. The summed E-state index contributed by atoms with van der Waals surface area (Å²) < 4.78 is 3.12. The van der Waals surface area contributed by atoms with Crippen molar-refractivity contribution in [2.24, 2.45) is 0 Å². The van der Waals surface area contributed by atoms with E-state index in [1.807, 2.05) is 10.9 Å². The molecule has 0 aliphatic carbocycles. The van der Waals surface area contributed by atoms with Crippen LogP contribution in [0.25, 0.3) is 0 Å². The number of aryl methyl sites for hydroxylation is 1. The lowest BCUT2D eigenvalue weighted by Gasteiger charge is -2.17. The van der Waals surface area contributed by atoms with Crippen molar-refractivity contribution in [2.75, 3.05) is 6.54 Å². The molecule has 1 aromatic carbocycles. The fourth-order valence-corrected chi connectivity index (χ4v) is 2.43. The number of hydrogen-bond acceptors (Lipinski definition) is 2. The highest BCUT2D eigenvalue weighted by molar-refractivity contribution is 9.10. The molecular weight excluding hydrogens is 302 g/mol. The van der Waals surface area contributed by atoms with Crippen LogP contribution in [0.3, 0.4) is 0 Å². The van der Waals surface area contributed by atoms with Gasteiger partial charge >= 0.3 is 0 Å². The Morgan fingerprint density at radius 3 is 2.58 bits per heavy atom. The van der Waals surface area contributed by atoms with Gasteiger partial charge in [-0.15, -0.1) is 0 Å². The Hall–Kier alpha value is -1.13. The molecule has 0 bridgehead atoms. The minimum absolute atomic E-state index is 0.212. The molecule has 102 valence electrons. The van der Waals surface area contributed by atoms with Gasteiger partial charge in [-0.3, -0.25) is 4.68 Å². The van der Waals surface area contributed by atoms with E-state index in [4.69, 9.17) is 0 Å². The fourth-order valence-electron chi connectivity index (χ4n) is 2.17. The summed E-state index contributed by atoms with van der Waals surface area (Å²) in [4.78, 5) is 0. The van der Waals surface area contributed by atoms with Crippen molar-refractivity contribution in [2.45, 2.75) is 32.9 Å². The third kappa shape index (κ3) is 3.67. The second-order valence-electron chi connectivity index (χ2n) is 4.58. The van der Waals surface area contributed by atoms with Crippen molar-refractivity contribution in [3.8, 4) is 0 Å². The molecule has 1 N–H and O–H groups in total. The molecule has 0 amide bonds. The molecule has 4 heteroatoms. The van der Waals surface area contributed by atoms with Crippen molar-refractivity contribution < 1.29 is 0 Å². The Bertz CT molecular complexity index is 504. The maximum atomic E-state index is 4.42. The van der Waals surface area contributed by atoms with Gasteiger partial charge in [0.25, 0.3) is 0 Å². The number of halogens is 1. The zero-order valence-corrected chi connectivity index (χ0v) is 13.0. The molecule has 1 heterocycles. The van der Waals surface area contributed by atoms with E-state index in [2.05, 4.69) is 70.7 Å². The van der Waals surface area contributed by atoms with E-state index in [1.165, 1.54) is 11.1 Å². The molecule has 0 saturated heterocycles. The van der Waals surface area contributed by atoms with Gasteiger partial charge in [-0.25, -0.2) is 0 Å². The molecule has 0 spiro atoms. The number of hydrogen-bond donors (Lipinski definition) is 1.